The number of cyclic esters (lactones) is 1. The Morgan fingerprint density at radius 3 is 3.17 bits per heavy atom. The van der Waals surface area contributed by atoms with Crippen LogP contribution in [0.2, 0.25) is 0 Å². The van der Waals surface area contributed by atoms with Crippen LogP contribution in [0.3, 0.4) is 0 Å². The highest BCUT2D eigenvalue weighted by Crippen LogP contribution is 2.01. The Morgan fingerprint density at radius 2 is 2.67 bits per heavy atom. The molecule has 1 atom stereocenters. The van der Waals surface area contributed by atoms with Gasteiger partial charge in [0.25, 0.3) is 0 Å². The third-order valence-corrected chi connectivity index (χ3v) is 1.29. The summed E-state index contributed by atoms with van der Waals surface area (Å²) in [7, 11) is 0. The maximum atomic E-state index is 11.0. The van der Waals surface area contributed by atoms with E-state index in [0.717, 1.165) is 0 Å². The van der Waals surface area contributed by atoms with Gasteiger partial charge in [-0.2, -0.15) is 0 Å². The summed E-state index contributed by atoms with van der Waals surface area (Å²) >= 11 is 0. The van der Waals surface area contributed by atoms with Gasteiger partial charge >= 0.3 is 12.1 Å². The Bertz CT molecular complexity index is 213. The molecule has 0 spiro atoms. The van der Waals surface area contributed by atoms with E-state index in [1.165, 1.54) is 6.08 Å². The Labute approximate surface area is 69.3 Å². The number of nitrogens with one attached hydrogen (secondary N) is 1. The molecule has 0 aromatic heterocycles. The number of hydrogen-bond donors (Lipinski definition) is 1. The number of ether oxygens (including phenoxy) is 2. The first-order valence-corrected chi connectivity index (χ1v) is 3.46. The van der Waals surface area contributed by atoms with Gasteiger partial charge in [0.15, 0.2) is 0 Å². The van der Waals surface area contributed by atoms with E-state index in [0.29, 0.717) is 0 Å². The molecule has 0 aromatic carbocycles. The highest BCUT2D eigenvalue weighted by molar-refractivity contribution is 5.82. The minimum Gasteiger partial charge on any atom is -0.459 e. The molecule has 0 bridgehead atoms. The van der Waals surface area contributed by atoms with E-state index < -0.39 is 18.2 Å². The van der Waals surface area contributed by atoms with E-state index in [4.69, 9.17) is 0 Å². The number of amides is 1. The van der Waals surface area contributed by atoms with Gasteiger partial charge in [-0.25, -0.2) is 9.59 Å². The number of carbonyl (C=O) groups excluding carboxylic acids is 2. The van der Waals surface area contributed by atoms with Crippen molar-refractivity contribution >= 4 is 12.1 Å². The molecule has 5 nitrogen and oxygen atoms in total. The van der Waals surface area contributed by atoms with Gasteiger partial charge in [0.1, 0.15) is 6.61 Å². The second-order valence-electron chi connectivity index (χ2n) is 2.19. The van der Waals surface area contributed by atoms with Gasteiger partial charge in [-0.15, -0.1) is 0 Å². The number of carbonyl (C=O) groups is 2. The number of alkyl carbamates (subject to hydrolysis) is 1. The zero-order chi connectivity index (χ0) is 8.97. The first-order chi connectivity index (χ1) is 5.74. The van der Waals surface area contributed by atoms with Crippen LogP contribution in [0.15, 0.2) is 12.7 Å². The van der Waals surface area contributed by atoms with E-state index in [1.54, 1.807) is 0 Å². The van der Waals surface area contributed by atoms with E-state index >= 15 is 0 Å². The Balaban J connectivity index is 2.32. The average Bonchev–Trinajstić information content (AvgIpc) is 2.47. The minimum atomic E-state index is -0.808. The summed E-state index contributed by atoms with van der Waals surface area (Å²) in [6, 6.07) is 0. The average molecular weight is 171 g/mol. The van der Waals surface area contributed by atoms with Crippen LogP contribution in [-0.2, 0) is 14.3 Å². The highest BCUT2D eigenvalue weighted by atomic mass is 16.6. The fourth-order valence-corrected chi connectivity index (χ4v) is 0.754. The van der Waals surface area contributed by atoms with Gasteiger partial charge in [-0.1, -0.05) is 12.7 Å². The lowest BCUT2D eigenvalue weighted by Crippen LogP contribution is -2.26. The van der Waals surface area contributed by atoms with Crippen LogP contribution in [0.5, 0.6) is 0 Å². The van der Waals surface area contributed by atoms with Crippen molar-refractivity contribution < 1.29 is 19.1 Å². The van der Waals surface area contributed by atoms with Gasteiger partial charge in [0.2, 0.25) is 6.10 Å². The van der Waals surface area contributed by atoms with Crippen LogP contribution < -0.4 is 5.32 Å². The van der Waals surface area contributed by atoms with Crippen molar-refractivity contribution in [3.05, 3.63) is 12.7 Å². The first-order valence-electron chi connectivity index (χ1n) is 3.46. The summed E-state index contributed by atoms with van der Waals surface area (Å²) in [4.78, 5) is 21.4. The smallest absolute Gasteiger partial charge is 0.408 e. The molecule has 1 aliphatic rings. The summed E-state index contributed by atoms with van der Waals surface area (Å²) < 4.78 is 9.21. The SMILES string of the molecule is C=CCOC(=O)C1CNC(=O)O1. The van der Waals surface area contributed by atoms with Crippen molar-refractivity contribution in [1.29, 1.82) is 0 Å². The monoisotopic (exact) mass is 171 g/mol. The fourth-order valence-electron chi connectivity index (χ4n) is 0.754. The Morgan fingerprint density at radius 1 is 1.92 bits per heavy atom. The van der Waals surface area contributed by atoms with Crippen molar-refractivity contribution in [2.24, 2.45) is 0 Å². The van der Waals surface area contributed by atoms with Crippen molar-refractivity contribution in [3.8, 4) is 0 Å². The van der Waals surface area contributed by atoms with Crippen LogP contribution in [0, 0.1) is 0 Å². The molecule has 1 unspecified atom stereocenters. The third-order valence-electron chi connectivity index (χ3n) is 1.29. The van der Waals surface area contributed by atoms with E-state index in [2.05, 4.69) is 21.4 Å². The van der Waals surface area contributed by atoms with Crippen molar-refractivity contribution in [3.63, 3.8) is 0 Å². The molecule has 1 aliphatic heterocycles. The molecule has 0 aliphatic carbocycles. The lowest BCUT2D eigenvalue weighted by Gasteiger charge is -2.05. The normalized spacial score (nSPS) is 21.0. The quantitative estimate of drug-likeness (QED) is 0.472. The number of hydrogen-bond acceptors (Lipinski definition) is 4. The van der Waals surface area contributed by atoms with Gasteiger partial charge in [-0.3, -0.25) is 0 Å². The molecule has 66 valence electrons. The maximum Gasteiger partial charge on any atom is 0.408 e. The van der Waals surface area contributed by atoms with Crippen LogP contribution >= 0.6 is 0 Å². The fraction of sp³-hybridized carbons (Fsp3) is 0.429. The zero-order valence-electron chi connectivity index (χ0n) is 6.41. The zero-order valence-corrected chi connectivity index (χ0v) is 6.41. The van der Waals surface area contributed by atoms with Crippen LogP contribution in [0.25, 0.3) is 0 Å². The predicted octanol–water partition coefficient (Wildman–Crippen LogP) is -0.176. The van der Waals surface area contributed by atoms with E-state index in [9.17, 15) is 9.59 Å². The van der Waals surface area contributed by atoms with Gasteiger partial charge < -0.3 is 14.8 Å². The predicted molar refractivity (Wildman–Crippen MR) is 39.4 cm³/mol. The molecule has 1 rings (SSSR count). The van der Waals surface area contributed by atoms with Crippen molar-refractivity contribution in [2.45, 2.75) is 6.10 Å². The summed E-state index contributed by atoms with van der Waals surface area (Å²) in [6.07, 6.45) is 0.0512. The number of esters is 1. The lowest BCUT2D eigenvalue weighted by molar-refractivity contribution is -0.150. The van der Waals surface area contributed by atoms with Gasteiger partial charge in [-0.05, 0) is 0 Å². The lowest BCUT2D eigenvalue weighted by atomic mass is 10.4. The standard InChI is InChI=1S/C7H9NO4/c1-2-3-11-6(9)5-4-8-7(10)12-5/h2,5H,1,3-4H2,(H,8,10). The Kier molecular flexibility index (Phi) is 2.68. The van der Waals surface area contributed by atoms with Crippen LogP contribution in [-0.4, -0.2) is 31.3 Å². The van der Waals surface area contributed by atoms with Gasteiger partial charge in [0.05, 0.1) is 6.54 Å². The third kappa shape index (κ3) is 1.98. The molecule has 0 saturated carbocycles. The number of rotatable bonds is 3. The second-order valence-corrected chi connectivity index (χ2v) is 2.19. The molecule has 12 heavy (non-hydrogen) atoms. The van der Waals surface area contributed by atoms with E-state index in [1.807, 2.05) is 0 Å². The molecule has 1 N–H and O–H groups in total. The summed E-state index contributed by atoms with van der Waals surface area (Å²) in [5.41, 5.74) is 0. The van der Waals surface area contributed by atoms with E-state index in [-0.39, 0.29) is 13.2 Å². The molecular weight excluding hydrogens is 162 g/mol. The summed E-state index contributed by atoms with van der Waals surface area (Å²) in [5, 5.41) is 2.34. The molecule has 0 aromatic rings. The van der Waals surface area contributed by atoms with Crippen LogP contribution in [0.1, 0.15) is 0 Å². The molecule has 1 heterocycles. The Hall–Kier alpha value is -1.52. The van der Waals surface area contributed by atoms with Crippen molar-refractivity contribution in [1.82, 2.24) is 5.32 Å². The molecule has 1 amide bonds. The second kappa shape index (κ2) is 3.75. The molecule has 5 heteroatoms. The summed E-state index contributed by atoms with van der Waals surface area (Å²) in [5.74, 6) is -0.548. The molecular formula is C7H9NO4. The topological polar surface area (TPSA) is 64.6 Å². The highest BCUT2D eigenvalue weighted by Gasteiger charge is 2.30. The van der Waals surface area contributed by atoms with Crippen LogP contribution in [0.4, 0.5) is 4.79 Å². The van der Waals surface area contributed by atoms with Gasteiger partial charge in [0, 0.05) is 0 Å². The molecule has 1 saturated heterocycles. The van der Waals surface area contributed by atoms with Crippen molar-refractivity contribution in [2.75, 3.05) is 13.2 Å². The maximum absolute atomic E-state index is 11.0. The summed E-state index contributed by atoms with van der Waals surface area (Å²) in [6.45, 7) is 3.68. The first kappa shape index (κ1) is 8.58. The largest absolute Gasteiger partial charge is 0.459 e. The molecule has 0 radical (unpaired) electrons. The molecule has 1 fully saturated rings. The minimum absolute atomic E-state index is 0.132.